The maximum Gasteiger partial charge on any atom is 0.334 e. The first-order valence-corrected chi connectivity index (χ1v) is 7.52. The van der Waals surface area contributed by atoms with E-state index in [4.69, 9.17) is 0 Å². The van der Waals surface area contributed by atoms with Gasteiger partial charge in [-0.15, -0.1) is 11.3 Å². The molecule has 0 spiro atoms. The number of ketones is 1. The summed E-state index contributed by atoms with van der Waals surface area (Å²) in [5.41, 5.74) is 0. The summed E-state index contributed by atoms with van der Waals surface area (Å²) in [5.74, 6) is -2.17. The molecule has 1 aromatic rings. The Morgan fingerprint density at radius 1 is 1.20 bits per heavy atom. The molecule has 0 aliphatic carbocycles. The van der Waals surface area contributed by atoms with Gasteiger partial charge in [0.1, 0.15) is 0 Å². The summed E-state index contributed by atoms with van der Waals surface area (Å²) in [5, 5.41) is 0. The Balaban J connectivity index is 2.13. The Morgan fingerprint density at radius 3 is 2.40 bits per heavy atom. The summed E-state index contributed by atoms with van der Waals surface area (Å²) in [4.78, 5) is 49.3. The second-order valence-electron chi connectivity index (χ2n) is 4.16. The van der Waals surface area contributed by atoms with Gasteiger partial charge in [-0.1, -0.05) is 6.92 Å². The average molecular weight is 359 g/mol. The zero-order valence-electron chi connectivity index (χ0n) is 10.6. The third kappa shape index (κ3) is 2.66. The van der Waals surface area contributed by atoms with Crippen LogP contribution in [0.3, 0.4) is 0 Å². The number of thiophene rings is 1. The fourth-order valence-corrected chi connectivity index (χ4v) is 3.11. The summed E-state index contributed by atoms with van der Waals surface area (Å²) >= 11 is 4.45. The first kappa shape index (κ1) is 14.9. The highest BCUT2D eigenvalue weighted by Gasteiger charge is 2.44. The summed E-state index contributed by atoms with van der Waals surface area (Å²) in [6, 6.07) is 2.60. The number of carbonyl (C=O) groups is 4. The van der Waals surface area contributed by atoms with Gasteiger partial charge in [0.05, 0.1) is 15.2 Å². The van der Waals surface area contributed by atoms with Crippen LogP contribution in [0.4, 0.5) is 4.79 Å². The van der Waals surface area contributed by atoms with E-state index in [2.05, 4.69) is 15.9 Å². The van der Waals surface area contributed by atoms with Crippen LogP contribution in [0, 0.1) is 0 Å². The van der Waals surface area contributed by atoms with Crippen LogP contribution in [0.25, 0.3) is 0 Å². The average Bonchev–Trinajstić information content (AvgIpc) is 2.92. The maximum absolute atomic E-state index is 12.0. The van der Waals surface area contributed by atoms with Crippen LogP contribution in [0.2, 0.25) is 0 Å². The normalized spacial score (nSPS) is 15.4. The van der Waals surface area contributed by atoms with Gasteiger partial charge in [0.15, 0.2) is 5.78 Å². The lowest BCUT2D eigenvalue weighted by atomic mass is 10.3. The van der Waals surface area contributed by atoms with Crippen LogP contribution in [-0.2, 0) is 9.59 Å². The molecular weight excluding hydrogens is 348 g/mol. The van der Waals surface area contributed by atoms with Crippen LogP contribution in [0.5, 0.6) is 0 Å². The molecule has 0 N–H and O–H groups in total. The summed E-state index contributed by atoms with van der Waals surface area (Å²) in [6.45, 7) is 1.57. The van der Waals surface area contributed by atoms with Crippen molar-refractivity contribution in [3.05, 3.63) is 20.8 Å². The van der Waals surface area contributed by atoms with Crippen molar-refractivity contribution in [2.45, 2.75) is 13.3 Å². The molecule has 0 aromatic carbocycles. The molecule has 4 amide bonds. The maximum atomic E-state index is 12.0. The van der Waals surface area contributed by atoms with Crippen molar-refractivity contribution in [2.75, 3.05) is 13.1 Å². The molecule has 0 bridgehead atoms. The highest BCUT2D eigenvalue weighted by atomic mass is 79.9. The van der Waals surface area contributed by atoms with E-state index in [0.717, 1.165) is 8.69 Å². The molecule has 1 fully saturated rings. The van der Waals surface area contributed by atoms with Crippen molar-refractivity contribution in [1.82, 2.24) is 9.80 Å². The number of urea groups is 1. The highest BCUT2D eigenvalue weighted by Crippen LogP contribution is 2.23. The molecule has 1 aromatic heterocycles. The topological polar surface area (TPSA) is 74.8 Å². The molecule has 106 valence electrons. The van der Waals surface area contributed by atoms with Crippen LogP contribution in [0.15, 0.2) is 15.9 Å². The summed E-state index contributed by atoms with van der Waals surface area (Å²) < 4.78 is 0.781. The van der Waals surface area contributed by atoms with Crippen molar-refractivity contribution in [1.29, 1.82) is 0 Å². The van der Waals surface area contributed by atoms with Gasteiger partial charge in [-0.25, -0.2) is 9.69 Å². The quantitative estimate of drug-likeness (QED) is 0.457. The number of carbonyl (C=O) groups excluding carboxylic acids is 4. The zero-order chi connectivity index (χ0) is 14.9. The summed E-state index contributed by atoms with van der Waals surface area (Å²) in [6.07, 6.45) is 0.560. The lowest BCUT2D eigenvalue weighted by molar-refractivity contribution is -0.143. The van der Waals surface area contributed by atoms with E-state index < -0.39 is 24.4 Å². The Hall–Kier alpha value is -1.54. The van der Waals surface area contributed by atoms with Crippen LogP contribution in [0.1, 0.15) is 23.0 Å². The minimum atomic E-state index is -0.938. The predicted molar refractivity (Wildman–Crippen MR) is 75.5 cm³/mol. The van der Waals surface area contributed by atoms with Crippen molar-refractivity contribution < 1.29 is 19.2 Å². The molecule has 8 heteroatoms. The van der Waals surface area contributed by atoms with Gasteiger partial charge >= 0.3 is 17.8 Å². The van der Waals surface area contributed by atoms with E-state index in [9.17, 15) is 19.2 Å². The lowest BCUT2D eigenvalue weighted by Gasteiger charge is -2.13. The molecule has 1 aliphatic heterocycles. The van der Waals surface area contributed by atoms with Crippen LogP contribution in [-0.4, -0.2) is 46.5 Å². The molecule has 6 nitrogen and oxygen atoms in total. The number of hydrogen-bond acceptors (Lipinski definition) is 5. The molecule has 1 saturated heterocycles. The van der Waals surface area contributed by atoms with E-state index in [0.29, 0.717) is 16.2 Å². The van der Waals surface area contributed by atoms with Gasteiger partial charge in [0.2, 0.25) is 0 Å². The first-order valence-electron chi connectivity index (χ1n) is 5.91. The van der Waals surface area contributed by atoms with E-state index in [1.165, 1.54) is 11.3 Å². The van der Waals surface area contributed by atoms with Crippen LogP contribution >= 0.6 is 27.3 Å². The minimum absolute atomic E-state index is 0.179. The Kier molecular flexibility index (Phi) is 4.34. The van der Waals surface area contributed by atoms with Gasteiger partial charge in [-0.2, -0.15) is 0 Å². The fraction of sp³-hybridized carbons (Fsp3) is 0.333. The van der Waals surface area contributed by atoms with E-state index in [-0.39, 0.29) is 12.3 Å². The molecule has 0 unspecified atom stereocenters. The number of hydrogen-bond donors (Lipinski definition) is 0. The minimum Gasteiger partial charge on any atom is -0.291 e. The molecule has 0 atom stereocenters. The standard InChI is InChI=1S/C12H11BrN2O4S/c1-2-5-14-10(17)11(18)15(12(14)19)6-7(16)8-3-4-9(13)20-8/h3-4H,2,5-6H2,1H3. The number of halogens is 1. The Bertz CT molecular complexity index is 598. The molecule has 2 heterocycles. The molecule has 20 heavy (non-hydrogen) atoms. The van der Waals surface area contributed by atoms with Gasteiger partial charge in [-0.05, 0) is 34.5 Å². The Morgan fingerprint density at radius 2 is 1.85 bits per heavy atom. The second kappa shape index (κ2) is 5.84. The SMILES string of the molecule is CCCN1C(=O)C(=O)N(CC(=O)c2ccc(Br)s2)C1=O. The number of rotatable bonds is 5. The van der Waals surface area contributed by atoms with E-state index in [1.54, 1.807) is 19.1 Å². The largest absolute Gasteiger partial charge is 0.334 e. The van der Waals surface area contributed by atoms with E-state index in [1.807, 2.05) is 0 Å². The molecule has 1 aliphatic rings. The smallest absolute Gasteiger partial charge is 0.291 e. The predicted octanol–water partition coefficient (Wildman–Crippen LogP) is 1.89. The van der Waals surface area contributed by atoms with E-state index >= 15 is 0 Å². The van der Waals surface area contributed by atoms with Crippen molar-refractivity contribution in [3.8, 4) is 0 Å². The molecule has 0 radical (unpaired) electrons. The van der Waals surface area contributed by atoms with Crippen molar-refractivity contribution in [3.63, 3.8) is 0 Å². The zero-order valence-corrected chi connectivity index (χ0v) is 13.0. The number of nitrogens with zero attached hydrogens (tertiary/aromatic N) is 2. The van der Waals surface area contributed by atoms with Gasteiger partial charge < -0.3 is 0 Å². The first-order chi connectivity index (χ1) is 9.45. The second-order valence-corrected chi connectivity index (χ2v) is 6.62. The monoisotopic (exact) mass is 358 g/mol. The number of amides is 4. The van der Waals surface area contributed by atoms with Crippen molar-refractivity contribution in [2.24, 2.45) is 0 Å². The number of Topliss-reactive ketones (excluding diaryl/α,β-unsaturated/α-hetero) is 1. The molecular formula is C12H11BrN2O4S. The third-order valence-electron chi connectivity index (χ3n) is 2.73. The Labute approximate surface area is 127 Å². The fourth-order valence-electron chi connectivity index (χ4n) is 1.80. The van der Waals surface area contributed by atoms with Gasteiger partial charge in [0.25, 0.3) is 0 Å². The van der Waals surface area contributed by atoms with Gasteiger partial charge in [-0.3, -0.25) is 19.3 Å². The van der Waals surface area contributed by atoms with Crippen molar-refractivity contribution >= 4 is 50.9 Å². The third-order valence-corrected chi connectivity index (χ3v) is 4.40. The number of imide groups is 2. The highest BCUT2D eigenvalue weighted by molar-refractivity contribution is 9.11. The molecule has 0 saturated carbocycles. The molecule has 2 rings (SSSR count). The van der Waals surface area contributed by atoms with Gasteiger partial charge in [0, 0.05) is 6.54 Å². The van der Waals surface area contributed by atoms with Crippen LogP contribution < -0.4 is 0 Å². The summed E-state index contributed by atoms with van der Waals surface area (Å²) in [7, 11) is 0. The lowest BCUT2D eigenvalue weighted by Crippen LogP contribution is -2.37.